The van der Waals surface area contributed by atoms with Crippen molar-refractivity contribution in [2.45, 2.75) is 43.4 Å². The number of aromatic nitrogens is 2. The van der Waals surface area contributed by atoms with E-state index in [4.69, 9.17) is 0 Å². The second-order valence-electron chi connectivity index (χ2n) is 8.10. The first kappa shape index (κ1) is 17.3. The fourth-order valence-electron chi connectivity index (χ4n) is 4.73. The Balaban J connectivity index is 1.32. The van der Waals surface area contributed by atoms with Crippen LogP contribution >= 0.6 is 0 Å². The molecule has 1 aliphatic carbocycles. The average molecular weight is 387 g/mol. The first-order valence-corrected chi connectivity index (χ1v) is 9.92. The van der Waals surface area contributed by atoms with Crippen molar-refractivity contribution in [3.05, 3.63) is 18.0 Å². The molecule has 4 heterocycles. The minimum absolute atomic E-state index is 0.0213. The number of urea groups is 2. The van der Waals surface area contributed by atoms with Crippen LogP contribution in [0, 0.1) is 0 Å². The molecule has 10 heteroatoms. The molecule has 0 bridgehead atoms. The highest BCUT2D eigenvalue weighted by molar-refractivity contribution is 5.83. The third kappa shape index (κ3) is 2.78. The lowest BCUT2D eigenvalue weighted by Crippen LogP contribution is -2.57. The molecule has 1 saturated carbocycles. The minimum atomic E-state index is -0.280. The quantitative estimate of drug-likeness (QED) is 0.740. The zero-order valence-electron chi connectivity index (χ0n) is 15.9. The molecule has 5 amide bonds. The van der Waals surface area contributed by atoms with Gasteiger partial charge in [-0.15, -0.1) is 0 Å². The van der Waals surface area contributed by atoms with Gasteiger partial charge in [0.2, 0.25) is 5.91 Å². The van der Waals surface area contributed by atoms with Gasteiger partial charge in [-0.2, -0.15) is 5.10 Å². The lowest BCUT2D eigenvalue weighted by Gasteiger charge is -2.37. The first-order chi connectivity index (χ1) is 13.5. The number of nitrogens with one attached hydrogen (secondary N) is 2. The molecule has 1 aromatic heterocycles. The molecule has 0 aromatic carbocycles. The summed E-state index contributed by atoms with van der Waals surface area (Å²) in [6.07, 6.45) is 4.07. The Morgan fingerprint density at radius 3 is 2.79 bits per heavy atom. The number of piperazine rings is 1. The lowest BCUT2D eigenvalue weighted by molar-refractivity contribution is -0.129. The van der Waals surface area contributed by atoms with Crippen molar-refractivity contribution >= 4 is 18.0 Å². The summed E-state index contributed by atoms with van der Waals surface area (Å²) in [7, 11) is 1.87. The van der Waals surface area contributed by atoms with E-state index in [2.05, 4.69) is 15.7 Å². The van der Waals surface area contributed by atoms with Gasteiger partial charge in [0.25, 0.3) is 0 Å². The maximum atomic E-state index is 13.0. The molecule has 28 heavy (non-hydrogen) atoms. The highest BCUT2D eigenvalue weighted by Gasteiger charge is 2.49. The summed E-state index contributed by atoms with van der Waals surface area (Å²) in [5, 5.41) is 10.2. The molecule has 0 spiro atoms. The van der Waals surface area contributed by atoms with Crippen LogP contribution in [0.25, 0.3) is 0 Å². The van der Waals surface area contributed by atoms with Crippen molar-refractivity contribution in [3.8, 4) is 0 Å². The van der Waals surface area contributed by atoms with Gasteiger partial charge in [0, 0.05) is 51.9 Å². The maximum absolute atomic E-state index is 13.0. The van der Waals surface area contributed by atoms with E-state index in [0.717, 1.165) is 18.5 Å². The van der Waals surface area contributed by atoms with Crippen molar-refractivity contribution in [1.82, 2.24) is 35.1 Å². The van der Waals surface area contributed by atoms with Crippen molar-refractivity contribution in [2.75, 3.05) is 26.2 Å². The van der Waals surface area contributed by atoms with Gasteiger partial charge < -0.3 is 25.3 Å². The Hall–Kier alpha value is -2.78. The van der Waals surface area contributed by atoms with Crippen LogP contribution < -0.4 is 10.6 Å². The van der Waals surface area contributed by atoms with Gasteiger partial charge in [0.1, 0.15) is 0 Å². The molecule has 4 fully saturated rings. The van der Waals surface area contributed by atoms with Crippen molar-refractivity contribution < 1.29 is 14.4 Å². The van der Waals surface area contributed by atoms with Crippen LogP contribution in [0.5, 0.6) is 0 Å². The van der Waals surface area contributed by atoms with Gasteiger partial charge in [0.15, 0.2) is 0 Å². The summed E-state index contributed by atoms with van der Waals surface area (Å²) in [5.74, 6) is 0.0920. The summed E-state index contributed by atoms with van der Waals surface area (Å²) in [6.45, 7) is 2.11. The number of fused-ring (bicyclic) bond motifs is 1. The second kappa shape index (κ2) is 6.39. The van der Waals surface area contributed by atoms with E-state index >= 15 is 0 Å². The Morgan fingerprint density at radius 1 is 1.25 bits per heavy atom. The van der Waals surface area contributed by atoms with Crippen molar-refractivity contribution in [1.29, 1.82) is 0 Å². The first-order valence-electron chi connectivity index (χ1n) is 9.92. The van der Waals surface area contributed by atoms with E-state index in [1.54, 1.807) is 20.7 Å². The van der Waals surface area contributed by atoms with E-state index in [1.165, 1.54) is 0 Å². The fourth-order valence-corrected chi connectivity index (χ4v) is 4.73. The Bertz CT molecular complexity index is 820. The zero-order valence-corrected chi connectivity index (χ0v) is 15.9. The predicted octanol–water partition coefficient (Wildman–Crippen LogP) is -0.356. The summed E-state index contributed by atoms with van der Waals surface area (Å²) < 4.78 is 1.78. The normalized spacial score (nSPS) is 29.9. The van der Waals surface area contributed by atoms with E-state index < -0.39 is 0 Å². The number of carbonyl (C=O) groups excluding carboxylic acids is 3. The number of rotatable bonds is 3. The van der Waals surface area contributed by atoms with Gasteiger partial charge >= 0.3 is 12.1 Å². The van der Waals surface area contributed by atoms with Crippen LogP contribution in [-0.4, -0.2) is 86.8 Å². The lowest BCUT2D eigenvalue weighted by atomic mass is 10.1. The molecule has 4 aliphatic rings. The molecule has 0 radical (unpaired) electrons. The van der Waals surface area contributed by atoms with Crippen LogP contribution in [0.3, 0.4) is 0 Å². The number of nitrogens with zero attached hydrogens (tertiary/aromatic N) is 5. The molecule has 10 nitrogen and oxygen atoms in total. The largest absolute Gasteiger partial charge is 0.336 e. The smallest absolute Gasteiger partial charge is 0.317 e. The van der Waals surface area contributed by atoms with Gasteiger partial charge in [-0.1, -0.05) is 0 Å². The number of likely N-dealkylation sites (tertiary alicyclic amines) is 1. The van der Waals surface area contributed by atoms with Crippen LogP contribution in [-0.2, 0) is 11.8 Å². The Kier molecular flexibility index (Phi) is 3.95. The Labute approximate surface area is 162 Å². The van der Waals surface area contributed by atoms with E-state index in [9.17, 15) is 14.4 Å². The molecular weight excluding hydrogens is 362 g/mol. The van der Waals surface area contributed by atoms with Gasteiger partial charge in [0.05, 0.1) is 23.8 Å². The molecule has 3 atom stereocenters. The monoisotopic (exact) mass is 387 g/mol. The fraction of sp³-hybridized carbons (Fsp3) is 0.667. The van der Waals surface area contributed by atoms with Gasteiger partial charge in [-0.25, -0.2) is 9.59 Å². The van der Waals surface area contributed by atoms with Crippen LogP contribution in [0.1, 0.15) is 31.0 Å². The number of hydrogen-bond donors (Lipinski definition) is 2. The summed E-state index contributed by atoms with van der Waals surface area (Å²) in [4.78, 5) is 42.9. The molecule has 1 unspecified atom stereocenters. The third-order valence-corrected chi connectivity index (χ3v) is 6.29. The highest BCUT2D eigenvalue weighted by atomic mass is 16.2. The third-order valence-electron chi connectivity index (χ3n) is 6.29. The van der Waals surface area contributed by atoms with Crippen molar-refractivity contribution in [2.24, 2.45) is 7.05 Å². The molecule has 3 saturated heterocycles. The standard InChI is InChI=1S/C18H25N7O3/c1-22-14(4-5-20-22)16-13(8-15(26)25(16)11-2-3-11)21-18(28)23-6-7-24-12(10-23)9-19-17(24)27/h4-5,11-13,16H,2-3,6-10H2,1H3,(H,19,27)(H,21,28)/t12?,13-,16-/m1/s1. The summed E-state index contributed by atoms with van der Waals surface area (Å²) >= 11 is 0. The maximum Gasteiger partial charge on any atom is 0.317 e. The number of hydrogen-bond acceptors (Lipinski definition) is 4. The zero-order chi connectivity index (χ0) is 19.4. The van der Waals surface area contributed by atoms with Gasteiger partial charge in [-0.05, 0) is 18.9 Å². The molecule has 1 aromatic rings. The topological polar surface area (TPSA) is 103 Å². The average Bonchev–Trinajstić information content (AvgIpc) is 3.20. The molecular formula is C18H25N7O3. The van der Waals surface area contributed by atoms with Gasteiger partial charge in [-0.3, -0.25) is 9.48 Å². The SMILES string of the molecule is Cn1nccc1[C@H]1[C@H](NC(=O)N2CCN3C(=O)NCC3C2)CC(=O)N1C1CC1. The van der Waals surface area contributed by atoms with Crippen molar-refractivity contribution in [3.63, 3.8) is 0 Å². The van der Waals surface area contributed by atoms with Crippen LogP contribution in [0.15, 0.2) is 12.3 Å². The second-order valence-corrected chi connectivity index (χ2v) is 8.10. The summed E-state index contributed by atoms with van der Waals surface area (Å²) in [5.41, 5.74) is 0.943. The molecule has 5 rings (SSSR count). The molecule has 3 aliphatic heterocycles. The van der Waals surface area contributed by atoms with E-state index in [1.807, 2.05) is 18.0 Å². The Morgan fingerprint density at radius 2 is 2.07 bits per heavy atom. The van der Waals surface area contributed by atoms with E-state index in [-0.39, 0.29) is 42.1 Å². The summed E-state index contributed by atoms with van der Waals surface area (Å²) in [6, 6.07) is 1.53. The molecule has 150 valence electrons. The predicted molar refractivity (Wildman–Crippen MR) is 98.2 cm³/mol. The highest BCUT2D eigenvalue weighted by Crippen LogP contribution is 2.41. The number of amides is 5. The molecule has 2 N–H and O–H groups in total. The number of aryl methyl sites for hydroxylation is 1. The van der Waals surface area contributed by atoms with Crippen LogP contribution in [0.2, 0.25) is 0 Å². The number of carbonyl (C=O) groups is 3. The van der Waals surface area contributed by atoms with E-state index in [0.29, 0.717) is 32.6 Å². The minimum Gasteiger partial charge on any atom is -0.336 e. The van der Waals surface area contributed by atoms with Crippen LogP contribution in [0.4, 0.5) is 9.59 Å².